The van der Waals surface area contributed by atoms with Crippen molar-refractivity contribution in [3.8, 4) is 11.5 Å². The van der Waals surface area contributed by atoms with Crippen LogP contribution >= 0.6 is 0 Å². The molecule has 6 nitrogen and oxygen atoms in total. The summed E-state index contributed by atoms with van der Waals surface area (Å²) in [4.78, 5) is 26.1. The van der Waals surface area contributed by atoms with Crippen molar-refractivity contribution in [1.82, 2.24) is 4.90 Å². The summed E-state index contributed by atoms with van der Waals surface area (Å²) < 4.78 is 10.7. The van der Waals surface area contributed by atoms with Crippen LogP contribution in [-0.2, 0) is 11.2 Å². The van der Waals surface area contributed by atoms with Crippen LogP contribution in [-0.4, -0.2) is 42.6 Å². The van der Waals surface area contributed by atoms with Gasteiger partial charge in [0.05, 0.1) is 26.7 Å². The van der Waals surface area contributed by atoms with Crippen molar-refractivity contribution in [2.75, 3.05) is 20.8 Å². The van der Waals surface area contributed by atoms with E-state index in [1.807, 2.05) is 12.1 Å². The predicted octanol–water partition coefficient (Wildman–Crippen LogP) is 2.92. The summed E-state index contributed by atoms with van der Waals surface area (Å²) in [6, 6.07) is 12.0. The van der Waals surface area contributed by atoms with Crippen molar-refractivity contribution in [3.05, 3.63) is 59.2 Å². The normalized spacial score (nSPS) is 15.9. The Labute approximate surface area is 152 Å². The van der Waals surface area contributed by atoms with Crippen LogP contribution in [0.3, 0.4) is 0 Å². The molecule has 1 unspecified atom stereocenters. The van der Waals surface area contributed by atoms with E-state index in [1.54, 1.807) is 42.3 Å². The minimum atomic E-state index is -0.955. The second-order valence-corrected chi connectivity index (χ2v) is 6.13. The van der Waals surface area contributed by atoms with Crippen LogP contribution in [0.15, 0.2) is 42.5 Å². The first kappa shape index (κ1) is 17.8. The summed E-state index contributed by atoms with van der Waals surface area (Å²) >= 11 is 0. The molecule has 0 aliphatic carbocycles. The van der Waals surface area contributed by atoms with Gasteiger partial charge in [0.2, 0.25) is 0 Å². The molecule has 0 radical (unpaired) electrons. The third-order valence-electron chi connectivity index (χ3n) is 4.65. The third kappa shape index (κ3) is 3.35. The first-order valence-electron chi connectivity index (χ1n) is 8.37. The van der Waals surface area contributed by atoms with Crippen molar-refractivity contribution in [2.24, 2.45) is 0 Å². The van der Waals surface area contributed by atoms with Crippen molar-refractivity contribution < 1.29 is 24.2 Å². The zero-order chi connectivity index (χ0) is 18.7. The summed E-state index contributed by atoms with van der Waals surface area (Å²) in [6.07, 6.45) is 0.464. The quantitative estimate of drug-likeness (QED) is 0.892. The maximum absolute atomic E-state index is 13.0. The number of carboxylic acid groups (broad SMARTS) is 1. The minimum absolute atomic E-state index is 0.166. The van der Waals surface area contributed by atoms with Crippen molar-refractivity contribution >= 4 is 11.9 Å². The highest BCUT2D eigenvalue weighted by molar-refractivity contribution is 5.95. The van der Waals surface area contributed by atoms with Gasteiger partial charge in [-0.2, -0.15) is 0 Å². The molecule has 0 aromatic heterocycles. The van der Waals surface area contributed by atoms with Crippen molar-refractivity contribution in [1.29, 1.82) is 0 Å². The molecule has 6 heteroatoms. The molecule has 2 aromatic carbocycles. The molecule has 1 amide bonds. The van der Waals surface area contributed by atoms with E-state index >= 15 is 0 Å². The van der Waals surface area contributed by atoms with Gasteiger partial charge in [0.15, 0.2) is 11.5 Å². The fourth-order valence-electron chi connectivity index (χ4n) is 3.40. The van der Waals surface area contributed by atoms with Gasteiger partial charge in [0.1, 0.15) is 0 Å². The van der Waals surface area contributed by atoms with Gasteiger partial charge in [-0.1, -0.05) is 18.2 Å². The maximum atomic E-state index is 13.0. The number of carboxylic acids is 1. The number of carbonyl (C=O) groups is 2. The summed E-state index contributed by atoms with van der Waals surface area (Å²) in [5, 5.41) is 9.39. The zero-order valence-electron chi connectivity index (χ0n) is 14.8. The van der Waals surface area contributed by atoms with Crippen LogP contribution in [0.25, 0.3) is 0 Å². The summed E-state index contributed by atoms with van der Waals surface area (Å²) in [5.74, 6) is -0.000378. The van der Waals surface area contributed by atoms with Gasteiger partial charge in [-0.25, -0.2) is 0 Å². The second-order valence-electron chi connectivity index (χ2n) is 6.13. The first-order chi connectivity index (χ1) is 12.5. The molecule has 3 rings (SSSR count). The van der Waals surface area contributed by atoms with E-state index < -0.39 is 12.0 Å². The van der Waals surface area contributed by atoms with Crippen LogP contribution in [0, 0.1) is 0 Å². The number of ether oxygens (including phenoxy) is 2. The average Bonchev–Trinajstić information content (AvgIpc) is 2.67. The Morgan fingerprint density at radius 3 is 2.38 bits per heavy atom. The van der Waals surface area contributed by atoms with Crippen molar-refractivity contribution in [2.45, 2.75) is 18.9 Å². The molecule has 136 valence electrons. The zero-order valence-corrected chi connectivity index (χ0v) is 14.8. The SMILES string of the molecule is COc1cc2c(cc1OC)C(CC(=O)O)N(C(=O)c1ccccc1)CC2. The van der Waals surface area contributed by atoms with E-state index in [1.165, 1.54) is 7.11 Å². The molecule has 26 heavy (non-hydrogen) atoms. The summed E-state index contributed by atoms with van der Waals surface area (Å²) in [6.45, 7) is 0.453. The molecular weight excluding hydrogens is 334 g/mol. The monoisotopic (exact) mass is 355 g/mol. The molecule has 1 aliphatic heterocycles. The van der Waals surface area contributed by atoms with Gasteiger partial charge in [0.25, 0.3) is 5.91 Å². The Bertz CT molecular complexity index is 818. The highest BCUT2D eigenvalue weighted by atomic mass is 16.5. The highest BCUT2D eigenvalue weighted by Crippen LogP contribution is 2.39. The molecule has 2 aromatic rings. The van der Waals surface area contributed by atoms with Crippen molar-refractivity contribution in [3.63, 3.8) is 0 Å². The molecule has 1 heterocycles. The van der Waals surface area contributed by atoms with Crippen LogP contribution in [0.5, 0.6) is 11.5 Å². The molecule has 1 N–H and O–H groups in total. The Balaban J connectivity index is 2.04. The average molecular weight is 355 g/mol. The molecule has 0 spiro atoms. The molecule has 1 aliphatic rings. The van der Waals surface area contributed by atoms with E-state index in [2.05, 4.69) is 0 Å². The maximum Gasteiger partial charge on any atom is 0.305 e. The number of benzene rings is 2. The predicted molar refractivity (Wildman–Crippen MR) is 95.7 cm³/mol. The van der Waals surface area contributed by atoms with Gasteiger partial charge < -0.3 is 19.5 Å². The molecule has 1 atom stereocenters. The van der Waals surface area contributed by atoms with E-state index in [4.69, 9.17) is 9.47 Å². The molecule has 0 saturated heterocycles. The smallest absolute Gasteiger partial charge is 0.305 e. The molecule has 0 fully saturated rings. The topological polar surface area (TPSA) is 76.1 Å². The van der Waals surface area contributed by atoms with E-state index in [0.29, 0.717) is 30.0 Å². The lowest BCUT2D eigenvalue weighted by Gasteiger charge is -2.37. The Kier molecular flexibility index (Phi) is 5.11. The number of nitrogens with zero attached hydrogens (tertiary/aromatic N) is 1. The number of methoxy groups -OCH3 is 2. The minimum Gasteiger partial charge on any atom is -0.493 e. The first-order valence-corrected chi connectivity index (χ1v) is 8.37. The second kappa shape index (κ2) is 7.47. The lowest BCUT2D eigenvalue weighted by atomic mass is 9.89. The van der Waals surface area contributed by atoms with Gasteiger partial charge >= 0.3 is 5.97 Å². The number of amides is 1. The fraction of sp³-hybridized carbons (Fsp3) is 0.300. The summed E-state index contributed by atoms with van der Waals surface area (Å²) in [7, 11) is 3.10. The number of carbonyl (C=O) groups excluding carboxylic acids is 1. The lowest BCUT2D eigenvalue weighted by Crippen LogP contribution is -2.41. The van der Waals surface area contributed by atoms with Crippen LogP contribution < -0.4 is 9.47 Å². The van der Waals surface area contributed by atoms with Gasteiger partial charge in [-0.05, 0) is 41.8 Å². The lowest BCUT2D eigenvalue weighted by molar-refractivity contribution is -0.138. The Hall–Kier alpha value is -3.02. The highest BCUT2D eigenvalue weighted by Gasteiger charge is 2.34. The van der Waals surface area contributed by atoms with Gasteiger partial charge in [-0.3, -0.25) is 9.59 Å². The molecular formula is C20H21NO5. The number of hydrogen-bond donors (Lipinski definition) is 1. The standard InChI is InChI=1S/C20H21NO5/c1-25-17-10-14-8-9-21(20(24)13-6-4-3-5-7-13)16(12-19(22)23)15(14)11-18(17)26-2/h3-7,10-11,16H,8-9,12H2,1-2H3,(H,22,23). The van der Waals surface area contributed by atoms with Gasteiger partial charge in [0, 0.05) is 12.1 Å². The van der Waals surface area contributed by atoms with Crippen LogP contribution in [0.2, 0.25) is 0 Å². The fourth-order valence-corrected chi connectivity index (χ4v) is 3.40. The van der Waals surface area contributed by atoms with E-state index in [9.17, 15) is 14.7 Å². The number of fused-ring (bicyclic) bond motifs is 1. The number of hydrogen-bond acceptors (Lipinski definition) is 4. The Morgan fingerprint density at radius 2 is 1.77 bits per heavy atom. The Morgan fingerprint density at radius 1 is 1.12 bits per heavy atom. The number of aliphatic carboxylic acids is 1. The largest absolute Gasteiger partial charge is 0.493 e. The molecule has 0 saturated carbocycles. The summed E-state index contributed by atoms with van der Waals surface area (Å²) in [5.41, 5.74) is 2.32. The van der Waals surface area contributed by atoms with E-state index in [-0.39, 0.29) is 12.3 Å². The van der Waals surface area contributed by atoms with E-state index in [0.717, 1.165) is 11.1 Å². The van der Waals surface area contributed by atoms with Crippen LogP contribution in [0.4, 0.5) is 0 Å². The van der Waals surface area contributed by atoms with Gasteiger partial charge in [-0.15, -0.1) is 0 Å². The third-order valence-corrected chi connectivity index (χ3v) is 4.65. The van der Waals surface area contributed by atoms with Crippen LogP contribution in [0.1, 0.15) is 33.9 Å². The number of rotatable bonds is 5. The molecule has 0 bridgehead atoms.